The summed E-state index contributed by atoms with van der Waals surface area (Å²) in [4.78, 5) is 3.27. The van der Waals surface area contributed by atoms with Crippen LogP contribution in [0.15, 0.2) is 24.5 Å². The van der Waals surface area contributed by atoms with Crippen molar-refractivity contribution in [3.05, 3.63) is 35.1 Å². The van der Waals surface area contributed by atoms with Crippen LogP contribution in [0.2, 0.25) is 5.02 Å². The molecule has 0 atom stereocenters. The molecule has 5 nitrogen and oxygen atoms in total. The second-order valence-corrected chi connectivity index (χ2v) is 4.31. The van der Waals surface area contributed by atoms with Gasteiger partial charge in [0.25, 0.3) is 0 Å². The second-order valence-electron chi connectivity index (χ2n) is 3.88. The predicted octanol–water partition coefficient (Wildman–Crippen LogP) is 2.10. The number of H-pyrrole nitrogens is 1. The molecular weight excluding hydrogens is 238 g/mol. The molecule has 17 heavy (non-hydrogen) atoms. The Labute approximate surface area is 102 Å². The number of nitrogens with zero attached hydrogens (tertiary/aromatic N) is 3. The molecule has 0 aliphatic carbocycles. The fraction of sp³-hybridized carbons (Fsp3) is 0.0909. The summed E-state index contributed by atoms with van der Waals surface area (Å²) in [7, 11) is 0. The van der Waals surface area contributed by atoms with Gasteiger partial charge in [0, 0.05) is 15.9 Å². The van der Waals surface area contributed by atoms with E-state index in [1.807, 2.05) is 25.1 Å². The van der Waals surface area contributed by atoms with Gasteiger partial charge >= 0.3 is 0 Å². The van der Waals surface area contributed by atoms with Crippen LogP contribution in [0.25, 0.3) is 22.4 Å². The molecule has 3 aromatic rings. The van der Waals surface area contributed by atoms with Gasteiger partial charge in [-0.25, -0.2) is 4.68 Å². The van der Waals surface area contributed by atoms with Crippen LogP contribution in [0.5, 0.6) is 0 Å². The highest BCUT2D eigenvalue weighted by molar-refractivity contribution is 6.31. The first-order chi connectivity index (χ1) is 8.16. The number of aromatic amines is 1. The molecule has 0 fully saturated rings. The van der Waals surface area contributed by atoms with Gasteiger partial charge < -0.3 is 10.8 Å². The van der Waals surface area contributed by atoms with E-state index in [9.17, 15) is 0 Å². The summed E-state index contributed by atoms with van der Waals surface area (Å²) in [5, 5.41) is 9.53. The quantitative estimate of drug-likeness (QED) is 0.647. The van der Waals surface area contributed by atoms with E-state index in [2.05, 4.69) is 15.2 Å². The Bertz CT molecular complexity index is 697. The average molecular weight is 248 g/mol. The fourth-order valence-corrected chi connectivity index (χ4v) is 2.12. The first-order valence-electron chi connectivity index (χ1n) is 5.10. The summed E-state index contributed by atoms with van der Waals surface area (Å²) in [5.74, 6) is 6.35. The summed E-state index contributed by atoms with van der Waals surface area (Å²) in [6.07, 6.45) is 1.47. The molecule has 86 valence electrons. The number of hydrogen-bond acceptors (Lipinski definition) is 3. The van der Waals surface area contributed by atoms with E-state index in [1.165, 1.54) is 11.0 Å². The maximum atomic E-state index is 5.98. The molecule has 0 bridgehead atoms. The molecule has 0 unspecified atom stereocenters. The number of benzene rings is 1. The van der Waals surface area contributed by atoms with E-state index in [-0.39, 0.29) is 0 Å². The molecule has 0 aliphatic heterocycles. The SMILES string of the molecule is Cc1c(-c2nncn2N)[nH]c2ccc(Cl)cc12. The number of aromatic nitrogens is 4. The molecule has 1 aromatic carbocycles. The molecular formula is C11H10ClN5. The lowest BCUT2D eigenvalue weighted by atomic mass is 10.1. The number of nitrogen functional groups attached to an aromatic ring is 1. The van der Waals surface area contributed by atoms with Crippen LogP contribution in [0.1, 0.15) is 5.56 Å². The summed E-state index contributed by atoms with van der Waals surface area (Å²) in [6.45, 7) is 2.00. The van der Waals surface area contributed by atoms with Gasteiger partial charge in [-0.1, -0.05) is 11.6 Å². The van der Waals surface area contributed by atoms with Gasteiger partial charge in [0.1, 0.15) is 6.33 Å². The summed E-state index contributed by atoms with van der Waals surface area (Å²) >= 11 is 5.98. The normalized spacial score (nSPS) is 11.2. The van der Waals surface area contributed by atoms with Gasteiger partial charge in [-0.05, 0) is 30.7 Å². The highest BCUT2D eigenvalue weighted by atomic mass is 35.5. The predicted molar refractivity (Wildman–Crippen MR) is 67.2 cm³/mol. The van der Waals surface area contributed by atoms with E-state index >= 15 is 0 Å². The first-order valence-corrected chi connectivity index (χ1v) is 5.48. The smallest absolute Gasteiger partial charge is 0.198 e. The van der Waals surface area contributed by atoms with Crippen molar-refractivity contribution in [1.82, 2.24) is 19.9 Å². The van der Waals surface area contributed by atoms with Crippen molar-refractivity contribution < 1.29 is 0 Å². The molecule has 2 aromatic heterocycles. The largest absolute Gasteiger partial charge is 0.352 e. The molecule has 0 spiro atoms. The maximum absolute atomic E-state index is 5.98. The second kappa shape index (κ2) is 3.49. The number of fused-ring (bicyclic) bond motifs is 1. The van der Waals surface area contributed by atoms with Crippen molar-refractivity contribution in [2.75, 3.05) is 5.84 Å². The maximum Gasteiger partial charge on any atom is 0.198 e. The van der Waals surface area contributed by atoms with Crippen molar-refractivity contribution in [1.29, 1.82) is 0 Å². The molecule has 3 N–H and O–H groups in total. The Morgan fingerprint density at radius 2 is 2.24 bits per heavy atom. The molecule has 0 aliphatic rings. The van der Waals surface area contributed by atoms with Crippen molar-refractivity contribution in [3.63, 3.8) is 0 Å². The van der Waals surface area contributed by atoms with Gasteiger partial charge in [-0.2, -0.15) is 0 Å². The van der Waals surface area contributed by atoms with Crippen molar-refractivity contribution in [2.45, 2.75) is 6.92 Å². The van der Waals surface area contributed by atoms with Gasteiger partial charge in [0.05, 0.1) is 5.69 Å². The lowest BCUT2D eigenvalue weighted by Crippen LogP contribution is -2.08. The highest BCUT2D eigenvalue weighted by Gasteiger charge is 2.14. The lowest BCUT2D eigenvalue weighted by Gasteiger charge is -1.98. The van der Waals surface area contributed by atoms with Crippen LogP contribution in [0, 0.1) is 6.92 Å². The summed E-state index contributed by atoms with van der Waals surface area (Å²) in [6, 6.07) is 5.70. The van der Waals surface area contributed by atoms with E-state index < -0.39 is 0 Å². The monoisotopic (exact) mass is 247 g/mol. The van der Waals surface area contributed by atoms with Gasteiger partial charge in [0.2, 0.25) is 0 Å². The van der Waals surface area contributed by atoms with Gasteiger partial charge in [-0.15, -0.1) is 10.2 Å². The third-order valence-corrected chi connectivity index (χ3v) is 3.05. The Morgan fingerprint density at radius 1 is 1.41 bits per heavy atom. The van der Waals surface area contributed by atoms with Gasteiger partial charge in [-0.3, -0.25) is 0 Å². The van der Waals surface area contributed by atoms with Crippen LogP contribution in [-0.4, -0.2) is 19.9 Å². The molecule has 6 heteroatoms. The average Bonchev–Trinajstić information content (AvgIpc) is 2.84. The minimum absolute atomic E-state index is 0.606. The van der Waals surface area contributed by atoms with Crippen LogP contribution in [0.4, 0.5) is 0 Å². The van der Waals surface area contributed by atoms with E-state index in [0.717, 1.165) is 22.2 Å². The zero-order chi connectivity index (χ0) is 12.0. The number of rotatable bonds is 1. The van der Waals surface area contributed by atoms with Crippen LogP contribution >= 0.6 is 11.6 Å². The lowest BCUT2D eigenvalue weighted by molar-refractivity contribution is 0.999. The van der Waals surface area contributed by atoms with Crippen LogP contribution < -0.4 is 5.84 Å². The zero-order valence-corrected chi connectivity index (χ0v) is 9.86. The number of halogens is 1. The fourth-order valence-electron chi connectivity index (χ4n) is 1.94. The van der Waals surface area contributed by atoms with Crippen molar-refractivity contribution in [2.24, 2.45) is 0 Å². The first kappa shape index (κ1) is 10.2. The minimum atomic E-state index is 0.606. The Balaban J connectivity index is 2.32. The van der Waals surface area contributed by atoms with Crippen LogP contribution in [-0.2, 0) is 0 Å². The molecule has 0 radical (unpaired) electrons. The standard InChI is InChI=1S/C11H10ClN5/c1-6-8-4-7(12)2-3-9(8)15-10(6)11-16-14-5-17(11)13/h2-5,15H,13H2,1H3. The third kappa shape index (κ3) is 1.47. The molecule has 2 heterocycles. The third-order valence-electron chi connectivity index (χ3n) is 2.82. The van der Waals surface area contributed by atoms with Crippen molar-refractivity contribution >= 4 is 22.5 Å². The van der Waals surface area contributed by atoms with Gasteiger partial charge in [0.15, 0.2) is 5.82 Å². The number of aryl methyl sites for hydroxylation is 1. The summed E-state index contributed by atoms with van der Waals surface area (Å²) < 4.78 is 1.39. The Morgan fingerprint density at radius 3 is 2.94 bits per heavy atom. The zero-order valence-electron chi connectivity index (χ0n) is 9.11. The Kier molecular flexibility index (Phi) is 2.09. The number of nitrogens with one attached hydrogen (secondary N) is 1. The van der Waals surface area contributed by atoms with Crippen LogP contribution in [0.3, 0.4) is 0 Å². The Hall–Kier alpha value is -2.01. The highest BCUT2D eigenvalue weighted by Crippen LogP contribution is 2.29. The number of nitrogens with two attached hydrogens (primary N) is 1. The topological polar surface area (TPSA) is 72.5 Å². The minimum Gasteiger partial charge on any atom is -0.352 e. The van der Waals surface area contributed by atoms with E-state index in [0.29, 0.717) is 10.8 Å². The molecule has 0 saturated carbocycles. The van der Waals surface area contributed by atoms with E-state index in [1.54, 1.807) is 0 Å². The summed E-state index contributed by atoms with van der Waals surface area (Å²) in [5.41, 5.74) is 2.93. The molecule has 0 saturated heterocycles. The number of hydrogen-bond donors (Lipinski definition) is 2. The molecule has 0 amide bonds. The molecule has 3 rings (SSSR count). The van der Waals surface area contributed by atoms with E-state index in [4.69, 9.17) is 17.4 Å². The van der Waals surface area contributed by atoms with Crippen molar-refractivity contribution in [3.8, 4) is 11.5 Å².